The highest BCUT2D eigenvalue weighted by Gasteiger charge is 2.22. The van der Waals surface area contributed by atoms with Gasteiger partial charge in [-0.3, -0.25) is 4.79 Å². The van der Waals surface area contributed by atoms with E-state index >= 15 is 0 Å². The van der Waals surface area contributed by atoms with E-state index in [0.717, 1.165) is 18.5 Å². The van der Waals surface area contributed by atoms with Crippen molar-refractivity contribution in [3.8, 4) is 11.4 Å². The third kappa shape index (κ3) is 3.88. The van der Waals surface area contributed by atoms with Crippen molar-refractivity contribution in [3.63, 3.8) is 0 Å². The smallest absolute Gasteiger partial charge is 0.277 e. The summed E-state index contributed by atoms with van der Waals surface area (Å²) in [5, 5.41) is 12.9. The average molecular weight is 392 g/mol. The van der Waals surface area contributed by atoms with E-state index in [9.17, 15) is 4.79 Å². The molecule has 1 saturated heterocycles. The Bertz CT molecular complexity index is 928. The molecule has 4 rings (SSSR count). The van der Waals surface area contributed by atoms with Gasteiger partial charge in [-0.2, -0.15) is 4.98 Å². The van der Waals surface area contributed by atoms with Gasteiger partial charge in [0.05, 0.1) is 12.3 Å². The standard InChI is InChI=1S/C16H14ClN5O3S/c17-11-4-1-3-10(7-11)15-18-13(25-21-15)9-26-16-20-19-12(24-16)8-22-6-2-5-14(22)23/h1,3-4,7H,2,5-6,8-9H2. The number of thioether (sulfide) groups is 1. The number of nitrogens with zero attached hydrogens (tertiary/aromatic N) is 5. The first-order valence-electron chi connectivity index (χ1n) is 7.99. The van der Waals surface area contributed by atoms with Gasteiger partial charge in [0, 0.05) is 23.6 Å². The fraction of sp³-hybridized carbons (Fsp3) is 0.312. The molecule has 0 atom stereocenters. The zero-order chi connectivity index (χ0) is 17.9. The van der Waals surface area contributed by atoms with Crippen LogP contribution >= 0.6 is 23.4 Å². The predicted molar refractivity (Wildman–Crippen MR) is 93.3 cm³/mol. The quantitative estimate of drug-likeness (QED) is 0.591. The summed E-state index contributed by atoms with van der Waals surface area (Å²) < 4.78 is 10.8. The molecule has 0 saturated carbocycles. The second-order valence-corrected chi connectivity index (χ2v) is 7.05. The minimum absolute atomic E-state index is 0.122. The van der Waals surface area contributed by atoms with Gasteiger partial charge in [-0.1, -0.05) is 40.7 Å². The Hall–Kier alpha value is -2.39. The SMILES string of the molecule is O=C1CCCN1Cc1nnc(SCc2nc(-c3cccc(Cl)c3)no2)o1. The molecular formula is C16H14ClN5O3S. The van der Waals surface area contributed by atoms with E-state index in [4.69, 9.17) is 20.5 Å². The largest absolute Gasteiger partial charge is 0.414 e. The molecule has 2 aromatic heterocycles. The fourth-order valence-electron chi connectivity index (χ4n) is 2.58. The Kier molecular flexibility index (Phi) is 4.89. The Morgan fingerprint density at radius 3 is 3.00 bits per heavy atom. The molecule has 1 aromatic carbocycles. The summed E-state index contributed by atoms with van der Waals surface area (Å²) in [6.45, 7) is 1.09. The number of likely N-dealkylation sites (tertiary alicyclic amines) is 1. The van der Waals surface area contributed by atoms with Crippen LogP contribution in [0.4, 0.5) is 0 Å². The third-order valence-electron chi connectivity index (χ3n) is 3.82. The summed E-state index contributed by atoms with van der Waals surface area (Å²) >= 11 is 7.27. The van der Waals surface area contributed by atoms with Gasteiger partial charge in [-0.25, -0.2) is 0 Å². The molecular weight excluding hydrogens is 378 g/mol. The number of carbonyl (C=O) groups is 1. The lowest BCUT2D eigenvalue weighted by Gasteiger charge is -2.11. The molecule has 134 valence electrons. The van der Waals surface area contributed by atoms with Gasteiger partial charge in [0.2, 0.25) is 23.5 Å². The third-order valence-corrected chi connectivity index (χ3v) is 4.85. The normalized spacial score (nSPS) is 14.3. The molecule has 1 aliphatic heterocycles. The Morgan fingerprint density at radius 1 is 1.27 bits per heavy atom. The van der Waals surface area contributed by atoms with Crippen LogP contribution in [-0.4, -0.2) is 37.7 Å². The van der Waals surface area contributed by atoms with Gasteiger partial charge in [0.15, 0.2) is 0 Å². The maximum Gasteiger partial charge on any atom is 0.277 e. The number of hydrogen-bond acceptors (Lipinski definition) is 8. The molecule has 1 amide bonds. The van der Waals surface area contributed by atoms with Crippen LogP contribution in [0.2, 0.25) is 5.02 Å². The average Bonchev–Trinajstić information content (AvgIpc) is 3.36. The molecule has 0 spiro atoms. The lowest BCUT2D eigenvalue weighted by molar-refractivity contribution is -0.128. The predicted octanol–water partition coefficient (Wildman–Crippen LogP) is 3.19. The van der Waals surface area contributed by atoms with Crippen molar-refractivity contribution < 1.29 is 13.7 Å². The minimum atomic E-state index is 0.122. The monoisotopic (exact) mass is 391 g/mol. The van der Waals surface area contributed by atoms with E-state index in [-0.39, 0.29) is 5.91 Å². The van der Waals surface area contributed by atoms with Crippen LogP contribution < -0.4 is 0 Å². The van der Waals surface area contributed by atoms with Crippen LogP contribution in [0.3, 0.4) is 0 Å². The van der Waals surface area contributed by atoms with E-state index in [1.165, 1.54) is 11.8 Å². The molecule has 3 aromatic rings. The molecule has 0 radical (unpaired) electrons. The van der Waals surface area contributed by atoms with Crippen molar-refractivity contribution in [2.75, 3.05) is 6.54 Å². The van der Waals surface area contributed by atoms with E-state index in [0.29, 0.717) is 46.6 Å². The lowest BCUT2D eigenvalue weighted by atomic mass is 10.2. The van der Waals surface area contributed by atoms with Gasteiger partial charge in [-0.15, -0.1) is 10.2 Å². The van der Waals surface area contributed by atoms with Gasteiger partial charge >= 0.3 is 0 Å². The van der Waals surface area contributed by atoms with Crippen LogP contribution in [0.15, 0.2) is 38.4 Å². The lowest BCUT2D eigenvalue weighted by Crippen LogP contribution is -2.23. The highest BCUT2D eigenvalue weighted by molar-refractivity contribution is 7.98. The first-order chi connectivity index (χ1) is 12.7. The molecule has 8 nitrogen and oxygen atoms in total. The van der Waals surface area contributed by atoms with E-state index in [2.05, 4.69) is 20.3 Å². The molecule has 0 unspecified atom stereocenters. The molecule has 26 heavy (non-hydrogen) atoms. The minimum Gasteiger partial charge on any atom is -0.414 e. The van der Waals surface area contributed by atoms with Crippen LogP contribution in [0, 0.1) is 0 Å². The fourth-order valence-corrected chi connectivity index (χ4v) is 3.38. The first kappa shape index (κ1) is 17.0. The van der Waals surface area contributed by atoms with Crippen LogP contribution in [0.5, 0.6) is 0 Å². The van der Waals surface area contributed by atoms with Crippen molar-refractivity contribution in [1.29, 1.82) is 0 Å². The van der Waals surface area contributed by atoms with Gasteiger partial charge in [0.25, 0.3) is 5.22 Å². The number of benzene rings is 1. The van der Waals surface area contributed by atoms with Crippen molar-refractivity contribution in [2.45, 2.75) is 30.4 Å². The van der Waals surface area contributed by atoms with Crippen molar-refractivity contribution in [1.82, 2.24) is 25.2 Å². The van der Waals surface area contributed by atoms with Gasteiger partial charge in [0.1, 0.15) is 0 Å². The van der Waals surface area contributed by atoms with Crippen LogP contribution in [0.25, 0.3) is 11.4 Å². The molecule has 3 heterocycles. The van der Waals surface area contributed by atoms with Gasteiger partial charge in [-0.05, 0) is 18.6 Å². The van der Waals surface area contributed by atoms with E-state index in [1.54, 1.807) is 17.0 Å². The molecule has 1 aliphatic rings. The molecule has 10 heteroatoms. The number of carbonyl (C=O) groups excluding carboxylic acids is 1. The van der Waals surface area contributed by atoms with E-state index in [1.807, 2.05) is 12.1 Å². The second kappa shape index (κ2) is 7.46. The molecule has 1 fully saturated rings. The zero-order valence-electron chi connectivity index (χ0n) is 13.6. The Morgan fingerprint density at radius 2 is 2.19 bits per heavy atom. The van der Waals surface area contributed by atoms with Crippen LogP contribution in [0.1, 0.15) is 24.6 Å². The maximum absolute atomic E-state index is 11.6. The second-order valence-electron chi connectivity index (χ2n) is 5.69. The Balaban J connectivity index is 1.35. The van der Waals surface area contributed by atoms with Crippen molar-refractivity contribution >= 4 is 29.3 Å². The van der Waals surface area contributed by atoms with Crippen LogP contribution in [-0.2, 0) is 17.1 Å². The summed E-state index contributed by atoms with van der Waals surface area (Å²) in [6, 6.07) is 7.24. The summed E-state index contributed by atoms with van der Waals surface area (Å²) in [6.07, 6.45) is 1.46. The van der Waals surface area contributed by atoms with E-state index < -0.39 is 0 Å². The first-order valence-corrected chi connectivity index (χ1v) is 9.35. The topological polar surface area (TPSA) is 98.2 Å². The van der Waals surface area contributed by atoms with Gasteiger partial charge < -0.3 is 13.8 Å². The number of aromatic nitrogens is 4. The van der Waals surface area contributed by atoms with Crippen molar-refractivity contribution in [2.24, 2.45) is 0 Å². The number of hydrogen-bond donors (Lipinski definition) is 0. The maximum atomic E-state index is 11.6. The van der Waals surface area contributed by atoms with Crippen molar-refractivity contribution in [3.05, 3.63) is 41.1 Å². The summed E-state index contributed by atoms with van der Waals surface area (Å²) in [5.41, 5.74) is 0.785. The summed E-state index contributed by atoms with van der Waals surface area (Å²) in [5.74, 6) is 1.86. The summed E-state index contributed by atoms with van der Waals surface area (Å²) in [7, 11) is 0. The molecule has 0 N–H and O–H groups in total. The molecule has 0 bridgehead atoms. The highest BCUT2D eigenvalue weighted by atomic mass is 35.5. The number of halogens is 1. The highest BCUT2D eigenvalue weighted by Crippen LogP contribution is 2.24. The number of rotatable bonds is 6. The number of amides is 1. The zero-order valence-corrected chi connectivity index (χ0v) is 15.2. The molecule has 0 aliphatic carbocycles. The Labute approximate surface area is 157 Å². The summed E-state index contributed by atoms with van der Waals surface area (Å²) in [4.78, 5) is 17.7.